The highest BCUT2D eigenvalue weighted by Gasteiger charge is 2.17. The zero-order valence-electron chi connectivity index (χ0n) is 27.5. The number of rotatable bonds is 14. The van der Waals surface area contributed by atoms with Gasteiger partial charge in [0.25, 0.3) is 0 Å². The molecular weight excluding hydrogens is 574 g/mol. The standard InChI is InChI=1S/C22H30N2O2.C9H7NO.C8H10O/c1-23(14-15-25)18-21(13-12-19-8-5-4-6-9-19)24(2)17-20-10-7-11-22(16-20)26-3;11-6-8-5-7-3-1-2-4-9(7)10-8;1-9-7-8-5-3-2-4-6-8/h4-11,15-16,21H,12-14,17-18H2,1-3H3;1-6,10H;2-6H,7H2,1H3/t21-;;/m0../s1. The molecule has 0 spiro atoms. The first kappa shape index (κ1) is 35.9. The largest absolute Gasteiger partial charge is 0.497 e. The molecular formula is C39H47N3O4. The number of aromatic amines is 1. The van der Waals surface area contributed by atoms with E-state index < -0.39 is 0 Å². The Balaban J connectivity index is 0.000000232. The molecule has 0 saturated heterocycles. The summed E-state index contributed by atoms with van der Waals surface area (Å²) in [5, 5.41) is 1.08. The number of hydrogen-bond acceptors (Lipinski definition) is 6. The zero-order chi connectivity index (χ0) is 33.0. The van der Waals surface area contributed by atoms with Gasteiger partial charge in [-0.2, -0.15) is 0 Å². The van der Waals surface area contributed by atoms with Crippen molar-refractivity contribution < 1.29 is 19.1 Å². The molecule has 4 aromatic carbocycles. The highest BCUT2D eigenvalue weighted by molar-refractivity contribution is 5.87. The maximum absolute atomic E-state index is 10.8. The number of fused-ring (bicyclic) bond motifs is 1. The van der Waals surface area contributed by atoms with Gasteiger partial charge in [0.15, 0.2) is 6.29 Å². The SMILES string of the molecule is COCc1ccccc1.COc1cccc(CN(C)[C@@H](CCc2ccccc2)CN(C)CC=O)c1.O=Cc1cc2ccccc2[nH]1. The average molecular weight is 622 g/mol. The number of carbonyl (C=O) groups is 2. The van der Waals surface area contributed by atoms with Gasteiger partial charge in [-0.3, -0.25) is 14.6 Å². The second-order valence-corrected chi connectivity index (χ2v) is 11.2. The van der Waals surface area contributed by atoms with E-state index in [0.29, 0.717) is 24.9 Å². The first-order chi connectivity index (χ1) is 22.4. The van der Waals surface area contributed by atoms with Crippen LogP contribution in [-0.4, -0.2) is 74.8 Å². The minimum atomic E-state index is 0.367. The molecule has 1 heterocycles. The van der Waals surface area contributed by atoms with E-state index in [1.807, 2.05) is 85.9 Å². The number of hydrogen-bond donors (Lipinski definition) is 1. The number of benzene rings is 4. The van der Waals surface area contributed by atoms with Gasteiger partial charge in [0.2, 0.25) is 0 Å². The number of H-pyrrole nitrogens is 1. The molecule has 1 N–H and O–H groups in total. The van der Waals surface area contributed by atoms with E-state index in [2.05, 4.69) is 58.2 Å². The molecule has 242 valence electrons. The molecule has 0 amide bonds. The lowest BCUT2D eigenvalue weighted by molar-refractivity contribution is -0.108. The first-order valence-corrected chi connectivity index (χ1v) is 15.5. The Morgan fingerprint density at radius 1 is 0.761 bits per heavy atom. The lowest BCUT2D eigenvalue weighted by atomic mass is 10.0. The van der Waals surface area contributed by atoms with Gasteiger partial charge in [0.1, 0.15) is 12.0 Å². The quantitative estimate of drug-likeness (QED) is 0.134. The van der Waals surface area contributed by atoms with Crippen LogP contribution in [0, 0.1) is 0 Å². The summed E-state index contributed by atoms with van der Waals surface area (Å²) < 4.78 is 10.3. The number of methoxy groups -OCH3 is 2. The number of nitrogens with one attached hydrogen (secondary N) is 1. The monoisotopic (exact) mass is 621 g/mol. The van der Waals surface area contributed by atoms with Crippen LogP contribution in [0.4, 0.5) is 0 Å². The van der Waals surface area contributed by atoms with Crippen LogP contribution >= 0.6 is 0 Å². The van der Waals surface area contributed by atoms with Crippen molar-refractivity contribution in [1.29, 1.82) is 0 Å². The summed E-state index contributed by atoms with van der Waals surface area (Å²) in [6, 6.07) is 38.9. The molecule has 0 saturated carbocycles. The number of aryl methyl sites for hydroxylation is 1. The maximum Gasteiger partial charge on any atom is 0.166 e. The second-order valence-electron chi connectivity index (χ2n) is 11.2. The minimum absolute atomic E-state index is 0.367. The van der Waals surface area contributed by atoms with Crippen LogP contribution in [-0.2, 0) is 29.1 Å². The first-order valence-electron chi connectivity index (χ1n) is 15.5. The van der Waals surface area contributed by atoms with Gasteiger partial charge in [-0.25, -0.2) is 0 Å². The Labute approximate surface area is 273 Å². The van der Waals surface area contributed by atoms with E-state index in [1.165, 1.54) is 16.7 Å². The van der Waals surface area contributed by atoms with Crippen molar-refractivity contribution in [2.24, 2.45) is 0 Å². The van der Waals surface area contributed by atoms with E-state index in [4.69, 9.17) is 9.47 Å². The number of para-hydroxylation sites is 1. The molecule has 0 unspecified atom stereocenters. The molecule has 0 aliphatic rings. The topological polar surface area (TPSA) is 74.9 Å². The fourth-order valence-electron chi connectivity index (χ4n) is 5.08. The highest BCUT2D eigenvalue weighted by atomic mass is 16.5. The predicted octanol–water partition coefficient (Wildman–Crippen LogP) is 7.07. The molecule has 1 atom stereocenters. The van der Waals surface area contributed by atoms with Gasteiger partial charge in [-0.05, 0) is 67.9 Å². The summed E-state index contributed by atoms with van der Waals surface area (Å²) in [5.74, 6) is 0.884. The molecule has 5 aromatic rings. The Hall–Kier alpha value is -4.56. The van der Waals surface area contributed by atoms with Crippen LogP contribution in [0.1, 0.15) is 33.6 Å². The number of carbonyl (C=O) groups excluding carboxylic acids is 2. The molecule has 5 rings (SSSR count). The van der Waals surface area contributed by atoms with Crippen LogP contribution in [0.25, 0.3) is 10.9 Å². The Morgan fingerprint density at radius 3 is 2.04 bits per heavy atom. The Bertz CT molecular complexity index is 1520. The molecule has 1 aromatic heterocycles. The normalized spacial score (nSPS) is 11.3. The fourth-order valence-corrected chi connectivity index (χ4v) is 5.08. The van der Waals surface area contributed by atoms with Crippen LogP contribution in [0.5, 0.6) is 5.75 Å². The summed E-state index contributed by atoms with van der Waals surface area (Å²) in [7, 11) is 7.56. The lowest BCUT2D eigenvalue weighted by Gasteiger charge is -2.31. The van der Waals surface area contributed by atoms with Crippen molar-refractivity contribution >= 4 is 23.5 Å². The highest BCUT2D eigenvalue weighted by Crippen LogP contribution is 2.17. The van der Waals surface area contributed by atoms with Gasteiger partial charge < -0.3 is 19.3 Å². The molecule has 0 radical (unpaired) electrons. The number of nitrogens with zero attached hydrogens (tertiary/aromatic N) is 2. The minimum Gasteiger partial charge on any atom is -0.497 e. The van der Waals surface area contributed by atoms with Crippen LogP contribution in [0.15, 0.2) is 115 Å². The van der Waals surface area contributed by atoms with Crippen molar-refractivity contribution in [2.45, 2.75) is 32.0 Å². The number of aromatic nitrogens is 1. The predicted molar refractivity (Wildman–Crippen MR) is 187 cm³/mol. The third kappa shape index (κ3) is 12.8. The van der Waals surface area contributed by atoms with E-state index in [9.17, 15) is 9.59 Å². The fraction of sp³-hybridized carbons (Fsp3) is 0.282. The van der Waals surface area contributed by atoms with Crippen LogP contribution in [0.2, 0.25) is 0 Å². The van der Waals surface area contributed by atoms with Crippen molar-refractivity contribution in [1.82, 2.24) is 14.8 Å². The van der Waals surface area contributed by atoms with Crippen molar-refractivity contribution in [3.63, 3.8) is 0 Å². The summed E-state index contributed by atoms with van der Waals surface area (Å²) in [6.07, 6.45) is 3.87. The average Bonchev–Trinajstić information content (AvgIpc) is 3.52. The molecule has 7 heteroatoms. The van der Waals surface area contributed by atoms with Crippen molar-refractivity contribution in [2.75, 3.05) is 41.4 Å². The Kier molecular flexibility index (Phi) is 16.0. The Morgan fingerprint density at radius 2 is 1.41 bits per heavy atom. The zero-order valence-corrected chi connectivity index (χ0v) is 27.5. The van der Waals surface area contributed by atoms with E-state index in [0.717, 1.165) is 55.2 Å². The smallest absolute Gasteiger partial charge is 0.166 e. The van der Waals surface area contributed by atoms with E-state index >= 15 is 0 Å². The van der Waals surface area contributed by atoms with Gasteiger partial charge in [0.05, 0.1) is 26.0 Å². The van der Waals surface area contributed by atoms with Gasteiger partial charge in [0, 0.05) is 37.1 Å². The molecule has 0 bridgehead atoms. The molecule has 0 fully saturated rings. The number of likely N-dealkylation sites (N-methyl/N-ethyl adjacent to an activating group) is 2. The number of aldehydes is 2. The summed E-state index contributed by atoms with van der Waals surface area (Å²) in [6.45, 7) is 2.90. The molecule has 0 aliphatic carbocycles. The maximum atomic E-state index is 10.8. The lowest BCUT2D eigenvalue weighted by Crippen LogP contribution is -2.41. The van der Waals surface area contributed by atoms with Crippen molar-refractivity contribution in [3.05, 3.63) is 138 Å². The summed E-state index contributed by atoms with van der Waals surface area (Å²) in [4.78, 5) is 28.6. The van der Waals surface area contributed by atoms with Crippen LogP contribution in [0.3, 0.4) is 0 Å². The molecule has 7 nitrogen and oxygen atoms in total. The third-order valence-electron chi connectivity index (χ3n) is 7.54. The second kappa shape index (κ2) is 20.5. The number of ether oxygens (including phenoxy) is 2. The molecule has 46 heavy (non-hydrogen) atoms. The summed E-state index contributed by atoms with van der Waals surface area (Å²) in [5.41, 5.74) is 5.45. The van der Waals surface area contributed by atoms with Gasteiger partial charge in [-0.1, -0.05) is 91.0 Å². The van der Waals surface area contributed by atoms with E-state index in [-0.39, 0.29) is 0 Å². The van der Waals surface area contributed by atoms with Crippen LogP contribution < -0.4 is 4.74 Å². The molecule has 0 aliphatic heterocycles. The van der Waals surface area contributed by atoms with Gasteiger partial charge in [-0.15, -0.1) is 0 Å². The summed E-state index contributed by atoms with van der Waals surface area (Å²) >= 11 is 0. The van der Waals surface area contributed by atoms with Crippen molar-refractivity contribution in [3.8, 4) is 5.75 Å². The third-order valence-corrected chi connectivity index (χ3v) is 7.54. The van der Waals surface area contributed by atoms with E-state index in [1.54, 1.807) is 14.2 Å². The van der Waals surface area contributed by atoms with Gasteiger partial charge >= 0.3 is 0 Å².